The van der Waals surface area contributed by atoms with E-state index in [0.29, 0.717) is 24.5 Å². The van der Waals surface area contributed by atoms with Gasteiger partial charge in [-0.3, -0.25) is 14.4 Å². The topological polar surface area (TPSA) is 79.6 Å². The second-order valence-corrected chi connectivity index (χ2v) is 6.70. The molecule has 1 unspecified atom stereocenters. The van der Waals surface area contributed by atoms with Gasteiger partial charge >= 0.3 is 0 Å². The molecule has 26 heavy (non-hydrogen) atoms. The number of carbonyl (C=O) groups excluding carboxylic acids is 1. The maximum atomic E-state index is 12.9. The molecular weight excluding hydrogens is 339 g/mol. The molecule has 0 radical (unpaired) electrons. The van der Waals surface area contributed by atoms with E-state index in [-0.39, 0.29) is 24.9 Å². The van der Waals surface area contributed by atoms with E-state index in [1.807, 2.05) is 4.90 Å². The molecule has 1 aromatic heterocycles. The number of ether oxygens (including phenoxy) is 1. The molecule has 0 bridgehead atoms. The third-order valence-electron chi connectivity index (χ3n) is 4.30. The van der Waals surface area contributed by atoms with Crippen molar-refractivity contribution >= 4 is 11.7 Å². The molecule has 1 aliphatic heterocycles. The van der Waals surface area contributed by atoms with Crippen molar-refractivity contribution in [1.29, 1.82) is 0 Å². The number of nitrogens with zero attached hydrogens (tertiary/aromatic N) is 3. The highest BCUT2D eigenvalue weighted by Crippen LogP contribution is 2.23. The van der Waals surface area contributed by atoms with Crippen LogP contribution < -0.4 is 10.1 Å². The summed E-state index contributed by atoms with van der Waals surface area (Å²) in [6.07, 6.45) is 3.11. The molecule has 140 valence electrons. The van der Waals surface area contributed by atoms with Crippen molar-refractivity contribution in [2.75, 3.05) is 31.6 Å². The van der Waals surface area contributed by atoms with Gasteiger partial charge in [0.25, 0.3) is 0 Å². The Labute approximate surface area is 151 Å². The van der Waals surface area contributed by atoms with Crippen LogP contribution in [0, 0.1) is 5.82 Å². The Bertz CT molecular complexity index is 749. The summed E-state index contributed by atoms with van der Waals surface area (Å²) in [5.74, 6) is 0.500. The normalized spacial score (nSPS) is 20.7. The van der Waals surface area contributed by atoms with Gasteiger partial charge in [0.1, 0.15) is 23.8 Å². The van der Waals surface area contributed by atoms with Crippen LogP contribution in [0.15, 0.2) is 36.5 Å². The number of anilines is 1. The molecule has 3 rings (SSSR count). The fourth-order valence-corrected chi connectivity index (χ4v) is 3.07. The van der Waals surface area contributed by atoms with Gasteiger partial charge in [0.15, 0.2) is 5.82 Å². The minimum absolute atomic E-state index is 0.0942. The lowest BCUT2D eigenvalue weighted by Crippen LogP contribution is -2.53. The van der Waals surface area contributed by atoms with Crippen molar-refractivity contribution in [3.05, 3.63) is 42.3 Å². The van der Waals surface area contributed by atoms with Crippen molar-refractivity contribution in [3.8, 4) is 5.75 Å². The van der Waals surface area contributed by atoms with Gasteiger partial charge in [-0.15, -0.1) is 0 Å². The van der Waals surface area contributed by atoms with Crippen LogP contribution in [0.25, 0.3) is 0 Å². The number of hydrogen-bond acceptors (Lipinski definition) is 5. The lowest BCUT2D eigenvalue weighted by atomic mass is 9.93. The maximum Gasteiger partial charge on any atom is 0.239 e. The number of piperidine rings is 1. The lowest BCUT2D eigenvalue weighted by molar-refractivity contribution is -0.119. The third kappa shape index (κ3) is 5.03. The predicted octanol–water partition coefficient (Wildman–Crippen LogP) is 1.40. The van der Waals surface area contributed by atoms with E-state index in [2.05, 4.69) is 10.4 Å². The largest absolute Gasteiger partial charge is 0.491 e. The number of halogens is 1. The Kier molecular flexibility index (Phi) is 5.53. The van der Waals surface area contributed by atoms with Gasteiger partial charge in [0.05, 0.1) is 6.54 Å². The van der Waals surface area contributed by atoms with E-state index < -0.39 is 5.60 Å². The number of aryl methyl sites for hydroxylation is 1. The summed E-state index contributed by atoms with van der Waals surface area (Å²) in [4.78, 5) is 14.1. The first-order valence-electron chi connectivity index (χ1n) is 8.54. The number of benzene rings is 1. The van der Waals surface area contributed by atoms with E-state index in [1.165, 1.54) is 24.3 Å². The zero-order valence-electron chi connectivity index (χ0n) is 14.7. The number of rotatable bonds is 6. The smallest absolute Gasteiger partial charge is 0.239 e. The highest BCUT2D eigenvalue weighted by Gasteiger charge is 2.34. The summed E-state index contributed by atoms with van der Waals surface area (Å²) < 4.78 is 20.1. The molecule has 7 nitrogen and oxygen atoms in total. The van der Waals surface area contributed by atoms with Gasteiger partial charge in [-0.25, -0.2) is 4.39 Å². The van der Waals surface area contributed by atoms with E-state index in [4.69, 9.17) is 4.74 Å². The van der Waals surface area contributed by atoms with Crippen LogP contribution in [0.5, 0.6) is 5.75 Å². The number of carbonyl (C=O) groups is 1. The molecule has 0 spiro atoms. The molecule has 2 heterocycles. The van der Waals surface area contributed by atoms with Gasteiger partial charge in [-0.05, 0) is 43.7 Å². The quantitative estimate of drug-likeness (QED) is 0.812. The fraction of sp³-hybridized carbons (Fsp3) is 0.444. The van der Waals surface area contributed by atoms with E-state index >= 15 is 0 Å². The van der Waals surface area contributed by atoms with E-state index in [1.54, 1.807) is 24.0 Å². The summed E-state index contributed by atoms with van der Waals surface area (Å²) >= 11 is 0. The molecule has 1 aliphatic rings. The number of amides is 1. The highest BCUT2D eigenvalue weighted by molar-refractivity contribution is 5.91. The molecule has 1 fully saturated rings. The summed E-state index contributed by atoms with van der Waals surface area (Å²) in [7, 11) is 1.78. The summed E-state index contributed by atoms with van der Waals surface area (Å²) in [6, 6.07) is 7.41. The molecule has 0 saturated carbocycles. The van der Waals surface area contributed by atoms with Gasteiger partial charge in [-0.1, -0.05) is 0 Å². The Morgan fingerprint density at radius 2 is 2.15 bits per heavy atom. The number of aromatic nitrogens is 2. The molecule has 1 saturated heterocycles. The number of likely N-dealkylation sites (tertiary alicyclic amines) is 1. The lowest BCUT2D eigenvalue weighted by Gasteiger charge is -2.38. The Morgan fingerprint density at radius 3 is 2.85 bits per heavy atom. The van der Waals surface area contributed by atoms with E-state index in [9.17, 15) is 14.3 Å². The summed E-state index contributed by atoms with van der Waals surface area (Å²) in [5.41, 5.74) is -1.04. The molecule has 1 aromatic carbocycles. The van der Waals surface area contributed by atoms with Crippen molar-refractivity contribution in [1.82, 2.24) is 14.7 Å². The molecule has 1 atom stereocenters. The van der Waals surface area contributed by atoms with Crippen LogP contribution in [0.3, 0.4) is 0 Å². The number of aliphatic hydroxyl groups is 1. The Morgan fingerprint density at radius 1 is 1.38 bits per heavy atom. The second kappa shape index (κ2) is 7.84. The van der Waals surface area contributed by atoms with E-state index in [0.717, 1.165) is 13.0 Å². The van der Waals surface area contributed by atoms with Crippen LogP contribution in [0.2, 0.25) is 0 Å². The predicted molar refractivity (Wildman–Crippen MR) is 94.4 cm³/mol. The zero-order chi connectivity index (χ0) is 18.6. The van der Waals surface area contributed by atoms with Gasteiger partial charge in [0, 0.05) is 25.9 Å². The van der Waals surface area contributed by atoms with Crippen LogP contribution in [-0.4, -0.2) is 57.5 Å². The number of nitrogens with one attached hydrogen (secondary N) is 1. The first-order valence-corrected chi connectivity index (χ1v) is 8.54. The SMILES string of the molecule is Cn1ccc(NC(=O)CN2CCCC(O)(COc3ccc(F)cc3)C2)n1. The fourth-order valence-electron chi connectivity index (χ4n) is 3.07. The number of β-amino-alcohol motifs (C(OH)–C–C–N with tert-alkyl or cyclic N) is 1. The summed E-state index contributed by atoms with van der Waals surface area (Å²) in [6.45, 7) is 1.34. The number of hydrogen-bond donors (Lipinski definition) is 2. The average Bonchev–Trinajstić information content (AvgIpc) is 2.99. The first-order chi connectivity index (χ1) is 12.4. The maximum absolute atomic E-state index is 12.9. The van der Waals surface area contributed by atoms with Crippen molar-refractivity contribution in [3.63, 3.8) is 0 Å². The molecular formula is C18H23FN4O3. The standard InChI is InChI=1S/C18H23FN4O3/c1-22-10-7-16(21-22)20-17(24)11-23-9-2-8-18(25,12-23)13-26-15-5-3-14(19)4-6-15/h3-7,10,25H,2,8-9,11-13H2,1H3,(H,20,21,24). The summed E-state index contributed by atoms with van der Waals surface area (Å²) in [5, 5.41) is 17.6. The minimum atomic E-state index is -1.04. The van der Waals surface area contributed by atoms with Gasteiger partial charge in [0.2, 0.25) is 5.91 Å². The average molecular weight is 362 g/mol. The first kappa shape index (κ1) is 18.3. The zero-order valence-corrected chi connectivity index (χ0v) is 14.7. The Hall–Kier alpha value is -2.45. The monoisotopic (exact) mass is 362 g/mol. The van der Waals surface area contributed by atoms with Crippen LogP contribution >= 0.6 is 0 Å². The molecule has 0 aliphatic carbocycles. The second-order valence-electron chi connectivity index (χ2n) is 6.70. The molecule has 2 N–H and O–H groups in total. The van der Waals surface area contributed by atoms with Crippen molar-refractivity contribution in [2.24, 2.45) is 7.05 Å². The van der Waals surface area contributed by atoms with Crippen molar-refractivity contribution in [2.45, 2.75) is 18.4 Å². The third-order valence-corrected chi connectivity index (χ3v) is 4.30. The van der Waals surface area contributed by atoms with Crippen LogP contribution in [0.1, 0.15) is 12.8 Å². The Balaban J connectivity index is 1.50. The highest BCUT2D eigenvalue weighted by atomic mass is 19.1. The molecule has 2 aromatic rings. The van der Waals surface area contributed by atoms with Crippen LogP contribution in [-0.2, 0) is 11.8 Å². The minimum Gasteiger partial charge on any atom is -0.491 e. The van der Waals surface area contributed by atoms with Crippen molar-refractivity contribution < 1.29 is 19.0 Å². The molecule has 8 heteroatoms. The van der Waals surface area contributed by atoms with Gasteiger partial charge < -0.3 is 15.2 Å². The molecule has 1 amide bonds. The van der Waals surface area contributed by atoms with Gasteiger partial charge in [-0.2, -0.15) is 5.10 Å². The van der Waals surface area contributed by atoms with Crippen LogP contribution in [0.4, 0.5) is 10.2 Å².